The monoisotopic (exact) mass is 265 g/mol. The summed E-state index contributed by atoms with van der Waals surface area (Å²) in [6.07, 6.45) is 4.33. The molecule has 0 saturated carbocycles. The number of rotatable bonds is 2. The molecule has 5 nitrogen and oxygen atoms in total. The summed E-state index contributed by atoms with van der Waals surface area (Å²) in [5.41, 5.74) is 2.11. The summed E-state index contributed by atoms with van der Waals surface area (Å²) in [5.74, 6) is 0. The zero-order valence-corrected chi connectivity index (χ0v) is 12.2. The number of alkyl carbamates (subject to hydrolysis) is 1. The highest BCUT2D eigenvalue weighted by Gasteiger charge is 2.25. The highest BCUT2D eigenvalue weighted by Crippen LogP contribution is 2.21. The molecule has 0 unspecified atom stereocenters. The molecule has 0 saturated heterocycles. The number of hydrogen-bond donors (Lipinski definition) is 1. The van der Waals surface area contributed by atoms with Gasteiger partial charge in [0.05, 0.1) is 6.20 Å². The van der Waals surface area contributed by atoms with Gasteiger partial charge in [0.25, 0.3) is 0 Å². The first-order valence-electron chi connectivity index (χ1n) is 6.92. The van der Waals surface area contributed by atoms with Crippen molar-refractivity contribution in [3.05, 3.63) is 17.5 Å². The van der Waals surface area contributed by atoms with Gasteiger partial charge in [0.15, 0.2) is 0 Å². The van der Waals surface area contributed by atoms with Crippen molar-refractivity contribution in [2.75, 3.05) is 0 Å². The van der Waals surface area contributed by atoms with Crippen LogP contribution in [0.4, 0.5) is 4.79 Å². The Balaban J connectivity index is 1.93. The van der Waals surface area contributed by atoms with E-state index in [1.54, 1.807) is 0 Å². The van der Waals surface area contributed by atoms with Gasteiger partial charge in [0, 0.05) is 18.3 Å². The van der Waals surface area contributed by atoms with Crippen molar-refractivity contribution in [2.24, 2.45) is 0 Å². The highest BCUT2D eigenvalue weighted by molar-refractivity contribution is 5.68. The smallest absolute Gasteiger partial charge is 0.407 e. The minimum Gasteiger partial charge on any atom is -0.444 e. The molecule has 1 N–H and O–H groups in total. The molecule has 106 valence electrons. The molecule has 1 aromatic rings. The van der Waals surface area contributed by atoms with Crippen LogP contribution in [0.15, 0.2) is 6.20 Å². The number of nitrogens with one attached hydrogen (secondary N) is 1. The predicted molar refractivity (Wildman–Crippen MR) is 73.1 cm³/mol. The summed E-state index contributed by atoms with van der Waals surface area (Å²) in [7, 11) is 0. The van der Waals surface area contributed by atoms with E-state index in [2.05, 4.69) is 17.3 Å². The molecular weight excluding hydrogens is 242 g/mol. The fourth-order valence-electron chi connectivity index (χ4n) is 2.46. The Bertz CT molecular complexity index is 460. The van der Waals surface area contributed by atoms with Crippen LogP contribution in [0.5, 0.6) is 0 Å². The molecule has 0 aromatic carbocycles. The Morgan fingerprint density at radius 2 is 2.32 bits per heavy atom. The van der Waals surface area contributed by atoms with E-state index in [-0.39, 0.29) is 12.1 Å². The van der Waals surface area contributed by atoms with E-state index in [0.29, 0.717) is 0 Å². The lowest BCUT2D eigenvalue weighted by Gasteiger charge is -2.26. The van der Waals surface area contributed by atoms with E-state index >= 15 is 0 Å². The fraction of sp³-hybridized carbons (Fsp3) is 0.714. The van der Waals surface area contributed by atoms with E-state index in [0.717, 1.165) is 25.8 Å². The maximum Gasteiger partial charge on any atom is 0.407 e. The fourth-order valence-corrected chi connectivity index (χ4v) is 2.46. The van der Waals surface area contributed by atoms with Crippen LogP contribution in [-0.2, 0) is 24.1 Å². The summed E-state index contributed by atoms with van der Waals surface area (Å²) >= 11 is 0. The lowest BCUT2D eigenvalue weighted by atomic mass is 9.93. The van der Waals surface area contributed by atoms with Crippen molar-refractivity contribution < 1.29 is 9.53 Å². The third-order valence-corrected chi connectivity index (χ3v) is 3.25. The summed E-state index contributed by atoms with van der Waals surface area (Å²) < 4.78 is 7.32. The van der Waals surface area contributed by atoms with Crippen LogP contribution in [0.3, 0.4) is 0 Å². The number of hydrogen-bond acceptors (Lipinski definition) is 3. The first-order valence-corrected chi connectivity index (χ1v) is 6.92. The van der Waals surface area contributed by atoms with E-state index in [1.807, 2.05) is 31.6 Å². The van der Waals surface area contributed by atoms with Gasteiger partial charge in [0.1, 0.15) is 5.60 Å². The second kappa shape index (κ2) is 5.23. The maximum absolute atomic E-state index is 11.7. The second-order valence-corrected chi connectivity index (χ2v) is 6.02. The molecule has 1 aliphatic carbocycles. The third-order valence-electron chi connectivity index (χ3n) is 3.25. The summed E-state index contributed by atoms with van der Waals surface area (Å²) in [6.45, 7) is 8.61. The van der Waals surface area contributed by atoms with Crippen LogP contribution in [0.25, 0.3) is 0 Å². The Labute approximate surface area is 114 Å². The van der Waals surface area contributed by atoms with Crippen LogP contribution in [0, 0.1) is 0 Å². The van der Waals surface area contributed by atoms with Crippen LogP contribution in [0.1, 0.15) is 45.4 Å². The number of carbonyl (C=O) groups excluding carboxylic acids is 1. The molecule has 1 aliphatic rings. The summed E-state index contributed by atoms with van der Waals surface area (Å²) in [6, 6.07) is 0.150. The lowest BCUT2D eigenvalue weighted by molar-refractivity contribution is 0.0500. The zero-order chi connectivity index (χ0) is 14.0. The zero-order valence-electron chi connectivity index (χ0n) is 12.2. The highest BCUT2D eigenvalue weighted by atomic mass is 16.6. The van der Waals surface area contributed by atoms with Crippen molar-refractivity contribution in [2.45, 2.75) is 65.1 Å². The van der Waals surface area contributed by atoms with Crippen molar-refractivity contribution >= 4 is 6.09 Å². The molecule has 1 amide bonds. The molecule has 0 spiro atoms. The van der Waals surface area contributed by atoms with Crippen LogP contribution < -0.4 is 5.32 Å². The van der Waals surface area contributed by atoms with Gasteiger partial charge in [-0.2, -0.15) is 5.10 Å². The quantitative estimate of drug-likeness (QED) is 0.892. The van der Waals surface area contributed by atoms with Gasteiger partial charge < -0.3 is 10.1 Å². The molecule has 1 heterocycles. The Hall–Kier alpha value is -1.52. The van der Waals surface area contributed by atoms with E-state index < -0.39 is 5.60 Å². The van der Waals surface area contributed by atoms with Gasteiger partial charge in [0.2, 0.25) is 0 Å². The molecule has 0 bridgehead atoms. The maximum atomic E-state index is 11.7. The van der Waals surface area contributed by atoms with Crippen LogP contribution in [-0.4, -0.2) is 27.5 Å². The number of amides is 1. The molecule has 19 heavy (non-hydrogen) atoms. The van der Waals surface area contributed by atoms with E-state index in [9.17, 15) is 4.79 Å². The van der Waals surface area contributed by atoms with E-state index in [4.69, 9.17) is 4.74 Å². The molecule has 0 radical (unpaired) electrons. The molecule has 0 aliphatic heterocycles. The molecular formula is C14H23N3O2. The predicted octanol–water partition coefficient (Wildman–Crippen LogP) is 2.29. The normalized spacial score (nSPS) is 18.8. The lowest BCUT2D eigenvalue weighted by Crippen LogP contribution is -2.41. The van der Waals surface area contributed by atoms with Gasteiger partial charge in [-0.15, -0.1) is 0 Å². The van der Waals surface area contributed by atoms with Gasteiger partial charge in [-0.25, -0.2) is 4.79 Å². The van der Waals surface area contributed by atoms with E-state index in [1.165, 1.54) is 11.3 Å². The minimum atomic E-state index is -0.447. The van der Waals surface area contributed by atoms with Gasteiger partial charge >= 0.3 is 6.09 Å². The summed E-state index contributed by atoms with van der Waals surface area (Å²) in [4.78, 5) is 11.7. The number of ether oxygens (including phenoxy) is 1. The Morgan fingerprint density at radius 3 is 2.95 bits per heavy atom. The molecule has 1 atom stereocenters. The second-order valence-electron chi connectivity index (χ2n) is 6.02. The van der Waals surface area contributed by atoms with Crippen molar-refractivity contribution in [1.29, 1.82) is 0 Å². The summed E-state index contributed by atoms with van der Waals surface area (Å²) in [5, 5.41) is 7.31. The molecule has 2 rings (SSSR count). The molecule has 5 heteroatoms. The average Bonchev–Trinajstić information content (AvgIpc) is 2.68. The van der Waals surface area contributed by atoms with Crippen molar-refractivity contribution in [1.82, 2.24) is 15.1 Å². The number of nitrogens with zero attached hydrogens (tertiary/aromatic N) is 2. The minimum absolute atomic E-state index is 0.150. The van der Waals surface area contributed by atoms with Gasteiger partial charge in [-0.3, -0.25) is 4.68 Å². The first kappa shape index (κ1) is 13.9. The van der Waals surface area contributed by atoms with Crippen molar-refractivity contribution in [3.8, 4) is 0 Å². The van der Waals surface area contributed by atoms with Crippen LogP contribution in [0.2, 0.25) is 0 Å². The Kier molecular flexibility index (Phi) is 3.83. The molecule has 1 aromatic heterocycles. The van der Waals surface area contributed by atoms with Gasteiger partial charge in [-0.05, 0) is 52.5 Å². The van der Waals surface area contributed by atoms with Crippen LogP contribution >= 0.6 is 0 Å². The van der Waals surface area contributed by atoms with Crippen molar-refractivity contribution in [3.63, 3.8) is 0 Å². The standard InChI is InChI=1S/C14H23N3O2/c1-5-17-12-7-6-11(8-10(12)9-15-17)16-13(18)19-14(2,3)4/h9,11H,5-8H2,1-4H3,(H,16,18)/t11-/m1/s1. The number of aromatic nitrogens is 2. The topological polar surface area (TPSA) is 56.2 Å². The third kappa shape index (κ3) is 3.49. The Morgan fingerprint density at radius 1 is 1.58 bits per heavy atom. The largest absolute Gasteiger partial charge is 0.444 e. The SMILES string of the molecule is CCn1ncc2c1CC[C@@H](NC(=O)OC(C)(C)C)C2. The number of fused-ring (bicyclic) bond motifs is 1. The van der Waals surface area contributed by atoms with Gasteiger partial charge in [-0.1, -0.05) is 0 Å². The number of carbonyl (C=O) groups is 1. The molecule has 0 fully saturated rings. The number of aryl methyl sites for hydroxylation is 1. The first-order chi connectivity index (χ1) is 8.89. The average molecular weight is 265 g/mol.